The van der Waals surface area contributed by atoms with Crippen LogP contribution in [0.15, 0.2) is 53.4 Å². The van der Waals surface area contributed by atoms with E-state index >= 15 is 0 Å². The molecule has 0 aliphatic rings. The van der Waals surface area contributed by atoms with Gasteiger partial charge in [0.05, 0.1) is 11.4 Å². The number of rotatable bonds is 8. The molecular formula is C19H22ClNO4S. The molecule has 0 heterocycles. The van der Waals surface area contributed by atoms with Crippen molar-refractivity contribution in [3.63, 3.8) is 0 Å². The summed E-state index contributed by atoms with van der Waals surface area (Å²) in [6.07, 6.45) is 0. The Kier molecular flexibility index (Phi) is 7.06. The van der Waals surface area contributed by atoms with Gasteiger partial charge in [-0.25, -0.2) is 8.42 Å². The lowest BCUT2D eigenvalue weighted by atomic mass is 10.0. The average Bonchev–Trinajstić information content (AvgIpc) is 2.59. The number of hydrogen-bond acceptors (Lipinski definition) is 4. The summed E-state index contributed by atoms with van der Waals surface area (Å²) in [6.45, 7) is 4.71. The second-order valence-corrected chi connectivity index (χ2v) is 8.56. The van der Waals surface area contributed by atoms with E-state index in [2.05, 4.69) is 19.2 Å². The van der Waals surface area contributed by atoms with Gasteiger partial charge in [0.25, 0.3) is 0 Å². The van der Waals surface area contributed by atoms with Gasteiger partial charge in [-0.1, -0.05) is 37.6 Å². The van der Waals surface area contributed by atoms with E-state index in [1.54, 1.807) is 0 Å². The summed E-state index contributed by atoms with van der Waals surface area (Å²) < 4.78 is 29.9. The monoisotopic (exact) mass is 395 g/mol. The number of sulfone groups is 1. The van der Waals surface area contributed by atoms with Crippen LogP contribution in [0.5, 0.6) is 5.75 Å². The normalized spacial score (nSPS) is 11.4. The van der Waals surface area contributed by atoms with E-state index in [0.29, 0.717) is 16.7 Å². The molecule has 1 N–H and O–H groups in total. The minimum absolute atomic E-state index is 0.0681. The summed E-state index contributed by atoms with van der Waals surface area (Å²) in [7, 11) is -3.69. The lowest BCUT2D eigenvalue weighted by molar-refractivity contribution is -0.118. The topological polar surface area (TPSA) is 72.5 Å². The van der Waals surface area contributed by atoms with Gasteiger partial charge in [0.15, 0.2) is 9.84 Å². The van der Waals surface area contributed by atoms with Gasteiger partial charge < -0.3 is 10.1 Å². The SMILES string of the molecule is CC(C)c1ccc(OCCNC(=O)CS(=O)(=O)c2ccc(Cl)cc2)cc1. The molecule has 26 heavy (non-hydrogen) atoms. The van der Waals surface area contributed by atoms with Crippen molar-refractivity contribution < 1.29 is 17.9 Å². The number of benzene rings is 2. The Morgan fingerprint density at radius 1 is 1.08 bits per heavy atom. The fourth-order valence-corrected chi connectivity index (χ4v) is 3.55. The quantitative estimate of drug-likeness (QED) is 0.695. The third-order valence-corrected chi connectivity index (χ3v) is 5.62. The van der Waals surface area contributed by atoms with E-state index in [9.17, 15) is 13.2 Å². The van der Waals surface area contributed by atoms with Crippen LogP contribution >= 0.6 is 11.6 Å². The summed E-state index contributed by atoms with van der Waals surface area (Å²) in [5.41, 5.74) is 1.22. The molecule has 0 aliphatic carbocycles. The number of hydrogen-bond donors (Lipinski definition) is 1. The van der Waals surface area contributed by atoms with Crippen molar-refractivity contribution in [2.45, 2.75) is 24.7 Å². The highest BCUT2D eigenvalue weighted by atomic mass is 35.5. The molecule has 0 aliphatic heterocycles. The third kappa shape index (κ3) is 6.04. The first-order valence-electron chi connectivity index (χ1n) is 8.26. The van der Waals surface area contributed by atoms with Gasteiger partial charge in [-0.15, -0.1) is 0 Å². The first-order chi connectivity index (χ1) is 12.3. The Hall–Kier alpha value is -2.05. The summed E-state index contributed by atoms with van der Waals surface area (Å²) in [4.78, 5) is 11.9. The van der Waals surface area contributed by atoms with E-state index in [1.165, 1.54) is 29.8 Å². The average molecular weight is 396 g/mol. The third-order valence-electron chi connectivity index (χ3n) is 3.73. The predicted molar refractivity (Wildman–Crippen MR) is 103 cm³/mol. The number of amides is 1. The number of carbonyl (C=O) groups is 1. The summed E-state index contributed by atoms with van der Waals surface area (Å²) in [5.74, 6) is -0.0281. The van der Waals surface area contributed by atoms with Gasteiger partial charge in [0.2, 0.25) is 5.91 Å². The molecule has 0 saturated carbocycles. The molecule has 0 aromatic heterocycles. The van der Waals surface area contributed by atoms with Gasteiger partial charge in [0.1, 0.15) is 18.1 Å². The molecule has 0 unspecified atom stereocenters. The van der Waals surface area contributed by atoms with Crippen molar-refractivity contribution in [3.05, 3.63) is 59.1 Å². The van der Waals surface area contributed by atoms with Gasteiger partial charge in [-0.3, -0.25) is 4.79 Å². The first kappa shape index (κ1) is 20.3. The van der Waals surface area contributed by atoms with Crippen LogP contribution in [0.4, 0.5) is 0 Å². The fraction of sp³-hybridized carbons (Fsp3) is 0.316. The zero-order valence-corrected chi connectivity index (χ0v) is 16.3. The highest BCUT2D eigenvalue weighted by Crippen LogP contribution is 2.18. The fourth-order valence-electron chi connectivity index (χ4n) is 2.26. The van der Waals surface area contributed by atoms with Crippen molar-refractivity contribution in [2.75, 3.05) is 18.9 Å². The van der Waals surface area contributed by atoms with Crippen LogP contribution in [-0.4, -0.2) is 33.2 Å². The molecule has 2 rings (SSSR count). The van der Waals surface area contributed by atoms with E-state index in [1.807, 2.05) is 24.3 Å². The molecule has 0 atom stereocenters. The smallest absolute Gasteiger partial charge is 0.235 e. The molecule has 0 radical (unpaired) electrons. The molecule has 1 amide bonds. The van der Waals surface area contributed by atoms with E-state index in [4.69, 9.17) is 16.3 Å². The molecule has 0 spiro atoms. The van der Waals surface area contributed by atoms with Gasteiger partial charge in [0, 0.05) is 5.02 Å². The minimum atomic E-state index is -3.69. The second kappa shape index (κ2) is 9.05. The van der Waals surface area contributed by atoms with Crippen LogP contribution in [0.3, 0.4) is 0 Å². The van der Waals surface area contributed by atoms with Crippen LogP contribution < -0.4 is 10.1 Å². The van der Waals surface area contributed by atoms with Crippen molar-refractivity contribution in [3.8, 4) is 5.75 Å². The molecular weight excluding hydrogens is 374 g/mol. The van der Waals surface area contributed by atoms with E-state index < -0.39 is 21.5 Å². The molecule has 7 heteroatoms. The Labute approximate surface area is 159 Å². The Morgan fingerprint density at radius 3 is 2.27 bits per heavy atom. The van der Waals surface area contributed by atoms with Gasteiger partial charge in [-0.05, 0) is 47.9 Å². The van der Waals surface area contributed by atoms with Crippen molar-refractivity contribution >= 4 is 27.3 Å². The molecule has 0 bridgehead atoms. The Morgan fingerprint density at radius 2 is 1.69 bits per heavy atom. The van der Waals surface area contributed by atoms with Crippen LogP contribution in [0.25, 0.3) is 0 Å². The van der Waals surface area contributed by atoms with E-state index in [-0.39, 0.29) is 18.0 Å². The van der Waals surface area contributed by atoms with Gasteiger partial charge in [-0.2, -0.15) is 0 Å². The zero-order valence-electron chi connectivity index (χ0n) is 14.7. The molecule has 2 aromatic rings. The maximum atomic E-state index is 12.2. The molecule has 5 nitrogen and oxygen atoms in total. The van der Waals surface area contributed by atoms with Crippen molar-refractivity contribution in [1.29, 1.82) is 0 Å². The summed E-state index contributed by atoms with van der Waals surface area (Å²) in [6, 6.07) is 13.5. The number of halogens is 1. The minimum Gasteiger partial charge on any atom is -0.492 e. The highest BCUT2D eigenvalue weighted by Gasteiger charge is 2.18. The molecule has 140 valence electrons. The predicted octanol–water partition coefficient (Wildman–Crippen LogP) is 3.43. The van der Waals surface area contributed by atoms with Gasteiger partial charge >= 0.3 is 0 Å². The Balaban J connectivity index is 1.77. The van der Waals surface area contributed by atoms with Crippen LogP contribution in [0.2, 0.25) is 5.02 Å². The maximum Gasteiger partial charge on any atom is 0.235 e. The number of nitrogens with one attached hydrogen (secondary N) is 1. The zero-order chi connectivity index (χ0) is 19.2. The molecule has 0 saturated heterocycles. The lowest BCUT2D eigenvalue weighted by Gasteiger charge is -2.10. The first-order valence-corrected chi connectivity index (χ1v) is 10.3. The number of ether oxygens (including phenoxy) is 1. The second-order valence-electron chi connectivity index (χ2n) is 6.14. The standard InChI is InChI=1S/C19H22ClNO4S/c1-14(2)15-3-7-17(8-4-15)25-12-11-21-19(22)13-26(23,24)18-9-5-16(20)6-10-18/h3-10,14H,11-13H2,1-2H3,(H,21,22). The van der Waals surface area contributed by atoms with Crippen molar-refractivity contribution in [2.24, 2.45) is 0 Å². The summed E-state index contributed by atoms with van der Waals surface area (Å²) in [5, 5.41) is 2.99. The number of carbonyl (C=O) groups excluding carboxylic acids is 1. The largest absolute Gasteiger partial charge is 0.492 e. The molecule has 2 aromatic carbocycles. The lowest BCUT2D eigenvalue weighted by Crippen LogP contribution is -2.33. The van der Waals surface area contributed by atoms with Crippen molar-refractivity contribution in [1.82, 2.24) is 5.32 Å². The molecule has 0 fully saturated rings. The van der Waals surface area contributed by atoms with Crippen LogP contribution in [0.1, 0.15) is 25.3 Å². The maximum absolute atomic E-state index is 12.2. The Bertz CT molecular complexity index is 831. The highest BCUT2D eigenvalue weighted by molar-refractivity contribution is 7.92. The van der Waals surface area contributed by atoms with Crippen LogP contribution in [0, 0.1) is 0 Å². The van der Waals surface area contributed by atoms with E-state index in [0.717, 1.165) is 0 Å². The van der Waals surface area contributed by atoms with Crippen LogP contribution in [-0.2, 0) is 14.6 Å². The summed E-state index contributed by atoms with van der Waals surface area (Å²) >= 11 is 5.74.